The number of ether oxygens (including phenoxy) is 1. The lowest BCUT2D eigenvalue weighted by Crippen LogP contribution is -2.48. The standard InChI is InChI=1S/C16H28N2O/c1-3-13-4-5-15(11-17)16(10-13)18-8-6-14(7-9-18)12-19-2/h13-16H,3-10,12H2,1-2H3. The summed E-state index contributed by atoms with van der Waals surface area (Å²) >= 11 is 0. The van der Waals surface area contributed by atoms with Gasteiger partial charge in [0.25, 0.3) is 0 Å². The SMILES string of the molecule is CCC1CCC(C#N)C(N2CCC(COC)CC2)C1. The van der Waals surface area contributed by atoms with Gasteiger partial charge in [0.05, 0.1) is 12.0 Å². The van der Waals surface area contributed by atoms with Gasteiger partial charge in [0.1, 0.15) is 0 Å². The third kappa shape index (κ3) is 3.70. The van der Waals surface area contributed by atoms with Crippen LogP contribution >= 0.6 is 0 Å². The summed E-state index contributed by atoms with van der Waals surface area (Å²) in [6.45, 7) is 5.51. The fraction of sp³-hybridized carbons (Fsp3) is 0.938. The quantitative estimate of drug-likeness (QED) is 0.783. The number of hydrogen-bond donors (Lipinski definition) is 0. The molecule has 108 valence electrons. The van der Waals surface area contributed by atoms with Crippen molar-refractivity contribution in [3.05, 3.63) is 0 Å². The van der Waals surface area contributed by atoms with Gasteiger partial charge >= 0.3 is 0 Å². The topological polar surface area (TPSA) is 36.3 Å². The summed E-state index contributed by atoms with van der Waals surface area (Å²) in [5, 5.41) is 9.39. The maximum atomic E-state index is 9.39. The molecule has 3 unspecified atom stereocenters. The lowest BCUT2D eigenvalue weighted by molar-refractivity contribution is 0.0450. The Bertz CT molecular complexity index is 304. The van der Waals surface area contributed by atoms with Gasteiger partial charge in [0, 0.05) is 19.8 Å². The van der Waals surface area contributed by atoms with Crippen molar-refractivity contribution >= 4 is 0 Å². The van der Waals surface area contributed by atoms with Gasteiger partial charge in [-0.1, -0.05) is 13.3 Å². The van der Waals surface area contributed by atoms with Gasteiger partial charge in [-0.2, -0.15) is 5.26 Å². The van der Waals surface area contributed by atoms with Crippen LogP contribution in [0.3, 0.4) is 0 Å². The summed E-state index contributed by atoms with van der Waals surface area (Å²) in [5.74, 6) is 1.83. The highest BCUT2D eigenvalue weighted by atomic mass is 16.5. The molecule has 2 rings (SSSR count). The molecule has 1 aliphatic heterocycles. The van der Waals surface area contributed by atoms with E-state index in [0.717, 1.165) is 38.0 Å². The van der Waals surface area contributed by atoms with Crippen LogP contribution in [0.5, 0.6) is 0 Å². The number of piperidine rings is 1. The Kier molecular flexibility index (Phi) is 5.66. The van der Waals surface area contributed by atoms with Crippen LogP contribution in [0.15, 0.2) is 0 Å². The Labute approximate surface area is 117 Å². The molecule has 0 bridgehead atoms. The van der Waals surface area contributed by atoms with E-state index < -0.39 is 0 Å². The first-order valence-corrected chi connectivity index (χ1v) is 7.91. The van der Waals surface area contributed by atoms with Crippen molar-refractivity contribution in [2.75, 3.05) is 26.8 Å². The van der Waals surface area contributed by atoms with E-state index in [9.17, 15) is 5.26 Å². The molecule has 0 N–H and O–H groups in total. The fourth-order valence-electron chi connectivity index (χ4n) is 3.84. The van der Waals surface area contributed by atoms with Crippen molar-refractivity contribution in [2.45, 2.75) is 51.5 Å². The largest absolute Gasteiger partial charge is 0.384 e. The highest BCUT2D eigenvalue weighted by Crippen LogP contribution is 2.35. The summed E-state index contributed by atoms with van der Waals surface area (Å²) in [4.78, 5) is 2.60. The van der Waals surface area contributed by atoms with E-state index in [1.165, 1.54) is 32.1 Å². The van der Waals surface area contributed by atoms with E-state index in [4.69, 9.17) is 4.74 Å². The highest BCUT2D eigenvalue weighted by molar-refractivity contribution is 4.98. The van der Waals surface area contributed by atoms with E-state index >= 15 is 0 Å². The summed E-state index contributed by atoms with van der Waals surface area (Å²) < 4.78 is 5.27. The Morgan fingerprint density at radius 3 is 2.47 bits per heavy atom. The minimum atomic E-state index is 0.266. The highest BCUT2D eigenvalue weighted by Gasteiger charge is 2.35. The number of methoxy groups -OCH3 is 1. The van der Waals surface area contributed by atoms with Crippen LogP contribution in [0.25, 0.3) is 0 Å². The van der Waals surface area contributed by atoms with Crippen molar-refractivity contribution in [3.8, 4) is 6.07 Å². The summed E-state index contributed by atoms with van der Waals surface area (Å²) in [6, 6.07) is 3.09. The second kappa shape index (κ2) is 7.26. The normalized spacial score (nSPS) is 34.1. The van der Waals surface area contributed by atoms with E-state index in [1.807, 2.05) is 0 Å². The van der Waals surface area contributed by atoms with Crippen LogP contribution in [0, 0.1) is 29.1 Å². The molecule has 1 saturated carbocycles. The average Bonchev–Trinajstić information content (AvgIpc) is 2.47. The molecule has 2 aliphatic rings. The molecule has 3 heteroatoms. The third-order valence-corrected chi connectivity index (χ3v) is 5.19. The molecule has 0 amide bonds. The number of nitrogens with zero attached hydrogens (tertiary/aromatic N) is 2. The molecule has 0 aromatic rings. The minimum absolute atomic E-state index is 0.266. The fourth-order valence-corrected chi connectivity index (χ4v) is 3.84. The first-order chi connectivity index (χ1) is 9.28. The zero-order valence-corrected chi connectivity index (χ0v) is 12.5. The lowest BCUT2D eigenvalue weighted by Gasteiger charge is -2.43. The predicted octanol–water partition coefficient (Wildman–Crippen LogP) is 3.06. The van der Waals surface area contributed by atoms with E-state index in [1.54, 1.807) is 7.11 Å². The Hall–Kier alpha value is -0.590. The minimum Gasteiger partial charge on any atom is -0.384 e. The summed E-state index contributed by atoms with van der Waals surface area (Å²) in [7, 11) is 1.80. The van der Waals surface area contributed by atoms with Gasteiger partial charge in [-0.3, -0.25) is 4.90 Å². The molecule has 1 heterocycles. The predicted molar refractivity (Wildman–Crippen MR) is 76.7 cm³/mol. The summed E-state index contributed by atoms with van der Waals surface area (Å²) in [6.07, 6.45) is 7.35. The van der Waals surface area contributed by atoms with Gasteiger partial charge in [-0.25, -0.2) is 0 Å². The van der Waals surface area contributed by atoms with Crippen LogP contribution in [0.4, 0.5) is 0 Å². The molecule has 0 spiro atoms. The van der Waals surface area contributed by atoms with E-state index in [-0.39, 0.29) is 5.92 Å². The van der Waals surface area contributed by atoms with Gasteiger partial charge in [0.2, 0.25) is 0 Å². The number of hydrogen-bond acceptors (Lipinski definition) is 3. The first-order valence-electron chi connectivity index (χ1n) is 7.91. The van der Waals surface area contributed by atoms with Crippen LogP contribution in [-0.4, -0.2) is 37.7 Å². The molecule has 0 radical (unpaired) electrons. The summed E-state index contributed by atoms with van der Waals surface area (Å²) in [5.41, 5.74) is 0. The van der Waals surface area contributed by atoms with Gasteiger partial charge in [0.15, 0.2) is 0 Å². The molecule has 1 aliphatic carbocycles. The molecule has 19 heavy (non-hydrogen) atoms. The van der Waals surface area contributed by atoms with Crippen molar-refractivity contribution in [2.24, 2.45) is 17.8 Å². The Morgan fingerprint density at radius 2 is 1.89 bits per heavy atom. The smallest absolute Gasteiger partial charge is 0.0672 e. The van der Waals surface area contributed by atoms with Crippen LogP contribution in [0.1, 0.15) is 45.4 Å². The molecule has 1 saturated heterocycles. The van der Waals surface area contributed by atoms with Gasteiger partial charge in [-0.05, 0) is 57.0 Å². The molecule has 3 nitrogen and oxygen atoms in total. The third-order valence-electron chi connectivity index (χ3n) is 5.19. The molecule has 3 atom stereocenters. The van der Waals surface area contributed by atoms with Crippen LogP contribution in [0.2, 0.25) is 0 Å². The van der Waals surface area contributed by atoms with Crippen molar-refractivity contribution < 1.29 is 4.74 Å². The second-order valence-corrected chi connectivity index (χ2v) is 6.32. The second-order valence-electron chi connectivity index (χ2n) is 6.32. The van der Waals surface area contributed by atoms with Gasteiger partial charge < -0.3 is 4.74 Å². The molecular weight excluding hydrogens is 236 g/mol. The molecule has 2 fully saturated rings. The number of likely N-dealkylation sites (tertiary alicyclic amines) is 1. The van der Waals surface area contributed by atoms with Crippen molar-refractivity contribution in [1.29, 1.82) is 5.26 Å². The zero-order valence-electron chi connectivity index (χ0n) is 12.5. The number of nitriles is 1. The zero-order chi connectivity index (χ0) is 13.7. The van der Waals surface area contributed by atoms with Crippen LogP contribution in [-0.2, 0) is 4.74 Å². The van der Waals surface area contributed by atoms with Crippen molar-refractivity contribution in [1.82, 2.24) is 4.90 Å². The average molecular weight is 264 g/mol. The maximum absolute atomic E-state index is 9.39. The lowest BCUT2D eigenvalue weighted by atomic mass is 9.76. The van der Waals surface area contributed by atoms with Crippen LogP contribution < -0.4 is 0 Å². The molecule has 0 aromatic heterocycles. The Balaban J connectivity index is 1.90. The monoisotopic (exact) mass is 264 g/mol. The molecule has 0 aromatic carbocycles. The first kappa shape index (κ1) is 14.8. The van der Waals surface area contributed by atoms with Crippen molar-refractivity contribution in [3.63, 3.8) is 0 Å². The Morgan fingerprint density at radius 1 is 1.16 bits per heavy atom. The van der Waals surface area contributed by atoms with Gasteiger partial charge in [-0.15, -0.1) is 0 Å². The number of rotatable bonds is 4. The molecular formula is C16H28N2O. The maximum Gasteiger partial charge on any atom is 0.0672 e. The van der Waals surface area contributed by atoms with E-state index in [0.29, 0.717) is 6.04 Å². The van der Waals surface area contributed by atoms with E-state index in [2.05, 4.69) is 17.9 Å².